The van der Waals surface area contributed by atoms with Gasteiger partial charge in [0.2, 0.25) is 0 Å². The van der Waals surface area contributed by atoms with Gasteiger partial charge in [-0.1, -0.05) is 6.42 Å². The van der Waals surface area contributed by atoms with Gasteiger partial charge in [-0.2, -0.15) is 0 Å². The summed E-state index contributed by atoms with van der Waals surface area (Å²) in [6, 6.07) is 1.86. The number of carboxylic acids is 1. The fraction of sp³-hybridized carbons (Fsp3) is 0.500. The molecule has 0 unspecified atom stereocenters. The minimum Gasteiger partial charge on any atom is -0.481 e. The van der Waals surface area contributed by atoms with E-state index in [9.17, 15) is 9.59 Å². The van der Waals surface area contributed by atoms with Gasteiger partial charge in [-0.15, -0.1) is 11.3 Å². The van der Waals surface area contributed by atoms with Crippen LogP contribution >= 0.6 is 27.3 Å². The van der Waals surface area contributed by atoms with Gasteiger partial charge < -0.3 is 10.4 Å². The zero-order valence-electron chi connectivity index (χ0n) is 10.2. The van der Waals surface area contributed by atoms with Gasteiger partial charge in [-0.3, -0.25) is 9.59 Å². The Morgan fingerprint density at radius 1 is 1.39 bits per heavy atom. The third kappa shape index (κ3) is 5.18. The number of thiophene rings is 1. The highest BCUT2D eigenvalue weighted by Crippen LogP contribution is 2.27. The van der Waals surface area contributed by atoms with E-state index in [4.69, 9.17) is 5.11 Å². The molecule has 0 fully saturated rings. The maximum atomic E-state index is 11.7. The van der Waals surface area contributed by atoms with Gasteiger partial charge in [-0.25, -0.2) is 0 Å². The summed E-state index contributed by atoms with van der Waals surface area (Å²) in [5.41, 5.74) is 1.06. The second-order valence-electron chi connectivity index (χ2n) is 4.03. The molecule has 1 rings (SSSR count). The lowest BCUT2D eigenvalue weighted by molar-refractivity contribution is -0.137. The lowest BCUT2D eigenvalue weighted by atomic mass is 10.2. The Bertz CT molecular complexity index is 411. The summed E-state index contributed by atoms with van der Waals surface area (Å²) in [6.07, 6.45) is 2.49. The molecule has 0 saturated heterocycles. The summed E-state index contributed by atoms with van der Waals surface area (Å²) < 4.78 is 0.981. The molecule has 0 spiro atoms. The Hall–Kier alpha value is -0.880. The maximum Gasteiger partial charge on any atom is 0.303 e. The fourth-order valence-electron chi connectivity index (χ4n) is 1.44. The summed E-state index contributed by atoms with van der Waals surface area (Å²) in [6.45, 7) is 2.54. The number of carbonyl (C=O) groups excluding carboxylic acids is 1. The van der Waals surface area contributed by atoms with E-state index < -0.39 is 5.97 Å². The number of carbonyl (C=O) groups is 2. The largest absolute Gasteiger partial charge is 0.481 e. The number of unbranched alkanes of at least 4 members (excludes halogenated alkanes) is 2. The summed E-state index contributed by atoms with van der Waals surface area (Å²) in [5, 5.41) is 11.3. The third-order valence-electron chi connectivity index (χ3n) is 2.43. The van der Waals surface area contributed by atoms with Crippen LogP contribution in [0.5, 0.6) is 0 Å². The second kappa shape index (κ2) is 7.53. The highest BCUT2D eigenvalue weighted by atomic mass is 79.9. The van der Waals surface area contributed by atoms with Gasteiger partial charge in [0.25, 0.3) is 5.91 Å². The van der Waals surface area contributed by atoms with E-state index in [0.29, 0.717) is 17.8 Å². The SMILES string of the molecule is Cc1cc(C(=O)NCCCCCC(=O)O)sc1Br. The number of aryl methyl sites for hydroxylation is 1. The van der Waals surface area contributed by atoms with Crippen LogP contribution in [0.25, 0.3) is 0 Å². The van der Waals surface area contributed by atoms with Crippen molar-refractivity contribution >= 4 is 39.1 Å². The molecule has 1 heterocycles. The van der Waals surface area contributed by atoms with Crippen molar-refractivity contribution < 1.29 is 14.7 Å². The van der Waals surface area contributed by atoms with Crippen molar-refractivity contribution in [3.8, 4) is 0 Å². The number of hydrogen-bond acceptors (Lipinski definition) is 3. The molecule has 1 aromatic heterocycles. The highest BCUT2D eigenvalue weighted by molar-refractivity contribution is 9.11. The molecule has 0 saturated carbocycles. The molecular formula is C12H16BrNO3S. The lowest BCUT2D eigenvalue weighted by Gasteiger charge is -2.02. The molecule has 18 heavy (non-hydrogen) atoms. The molecule has 0 radical (unpaired) electrons. The van der Waals surface area contributed by atoms with Gasteiger partial charge in [-0.05, 0) is 47.3 Å². The Morgan fingerprint density at radius 2 is 2.11 bits per heavy atom. The molecule has 100 valence electrons. The Morgan fingerprint density at radius 3 is 2.67 bits per heavy atom. The normalized spacial score (nSPS) is 10.3. The first-order valence-corrected chi connectivity index (χ1v) is 7.37. The van der Waals surface area contributed by atoms with Gasteiger partial charge in [0.15, 0.2) is 0 Å². The first-order chi connectivity index (χ1) is 8.50. The molecule has 1 amide bonds. The standard InChI is InChI=1S/C12H16BrNO3S/c1-8-7-9(18-11(8)13)12(17)14-6-4-2-3-5-10(15)16/h7H,2-6H2,1H3,(H,14,17)(H,15,16). The third-order valence-corrected chi connectivity index (χ3v) is 4.57. The Balaban J connectivity index is 2.19. The first-order valence-electron chi connectivity index (χ1n) is 5.76. The smallest absolute Gasteiger partial charge is 0.303 e. The number of amides is 1. The van der Waals surface area contributed by atoms with E-state index in [1.807, 2.05) is 13.0 Å². The molecule has 1 aromatic rings. The minimum absolute atomic E-state index is 0.0629. The van der Waals surface area contributed by atoms with Crippen LogP contribution in [-0.2, 0) is 4.79 Å². The number of halogens is 1. The van der Waals surface area contributed by atoms with E-state index in [0.717, 1.165) is 22.2 Å². The summed E-state index contributed by atoms with van der Waals surface area (Å²) in [7, 11) is 0. The van der Waals surface area contributed by atoms with Crippen LogP contribution in [0, 0.1) is 6.92 Å². The van der Waals surface area contributed by atoms with Crippen molar-refractivity contribution in [2.24, 2.45) is 0 Å². The molecule has 0 aromatic carbocycles. The Kier molecular flexibility index (Phi) is 6.35. The van der Waals surface area contributed by atoms with Crippen molar-refractivity contribution in [3.05, 3.63) is 20.3 Å². The molecule has 4 nitrogen and oxygen atoms in total. The van der Waals surface area contributed by atoms with Gasteiger partial charge in [0.1, 0.15) is 0 Å². The number of carboxylic acid groups (broad SMARTS) is 1. The minimum atomic E-state index is -0.766. The molecule has 0 aliphatic rings. The molecule has 2 N–H and O–H groups in total. The van der Waals surface area contributed by atoms with Crippen LogP contribution in [0.3, 0.4) is 0 Å². The second-order valence-corrected chi connectivity index (χ2v) is 6.40. The average Bonchev–Trinajstić information content (AvgIpc) is 2.63. The van der Waals surface area contributed by atoms with Crippen molar-refractivity contribution in [1.82, 2.24) is 5.32 Å². The van der Waals surface area contributed by atoms with Crippen LogP contribution in [0.15, 0.2) is 9.85 Å². The van der Waals surface area contributed by atoms with E-state index in [2.05, 4.69) is 21.2 Å². The Labute approximate surface area is 119 Å². The number of hydrogen-bond donors (Lipinski definition) is 2. The van der Waals surface area contributed by atoms with Crippen LogP contribution in [-0.4, -0.2) is 23.5 Å². The zero-order chi connectivity index (χ0) is 13.5. The van der Waals surface area contributed by atoms with E-state index in [1.165, 1.54) is 11.3 Å². The molecular weight excluding hydrogens is 318 g/mol. The average molecular weight is 334 g/mol. The van der Waals surface area contributed by atoms with Crippen molar-refractivity contribution in [3.63, 3.8) is 0 Å². The summed E-state index contributed by atoms with van der Waals surface area (Å²) in [4.78, 5) is 22.7. The monoisotopic (exact) mass is 333 g/mol. The van der Waals surface area contributed by atoms with Crippen LogP contribution in [0.4, 0.5) is 0 Å². The fourth-order valence-corrected chi connectivity index (χ4v) is 2.89. The van der Waals surface area contributed by atoms with E-state index in [1.54, 1.807) is 0 Å². The topological polar surface area (TPSA) is 66.4 Å². The summed E-state index contributed by atoms with van der Waals surface area (Å²) in [5.74, 6) is -0.829. The van der Waals surface area contributed by atoms with E-state index in [-0.39, 0.29) is 12.3 Å². The van der Waals surface area contributed by atoms with Crippen molar-refractivity contribution in [1.29, 1.82) is 0 Å². The summed E-state index contributed by atoms with van der Waals surface area (Å²) >= 11 is 4.80. The van der Waals surface area contributed by atoms with Crippen LogP contribution in [0.2, 0.25) is 0 Å². The lowest BCUT2D eigenvalue weighted by Crippen LogP contribution is -2.23. The molecule has 6 heteroatoms. The van der Waals surface area contributed by atoms with E-state index >= 15 is 0 Å². The van der Waals surface area contributed by atoms with Gasteiger partial charge in [0.05, 0.1) is 8.66 Å². The molecule has 0 aliphatic heterocycles. The molecule has 0 bridgehead atoms. The predicted octanol–water partition coefficient (Wildman–Crippen LogP) is 3.19. The molecule has 0 atom stereocenters. The van der Waals surface area contributed by atoms with Gasteiger partial charge in [0, 0.05) is 13.0 Å². The van der Waals surface area contributed by atoms with Crippen molar-refractivity contribution in [2.75, 3.05) is 6.54 Å². The maximum absolute atomic E-state index is 11.7. The first kappa shape index (κ1) is 15.2. The van der Waals surface area contributed by atoms with Crippen LogP contribution in [0.1, 0.15) is 40.9 Å². The molecule has 0 aliphatic carbocycles. The zero-order valence-corrected chi connectivity index (χ0v) is 12.6. The number of nitrogens with one attached hydrogen (secondary N) is 1. The predicted molar refractivity (Wildman–Crippen MR) is 75.2 cm³/mol. The number of aliphatic carboxylic acids is 1. The van der Waals surface area contributed by atoms with Crippen LogP contribution < -0.4 is 5.32 Å². The van der Waals surface area contributed by atoms with Crippen molar-refractivity contribution in [2.45, 2.75) is 32.6 Å². The van der Waals surface area contributed by atoms with Gasteiger partial charge >= 0.3 is 5.97 Å². The number of rotatable bonds is 7. The quantitative estimate of drug-likeness (QED) is 0.753. The highest BCUT2D eigenvalue weighted by Gasteiger charge is 2.10.